The van der Waals surface area contributed by atoms with E-state index in [0.29, 0.717) is 11.5 Å². The molecular formula is C34H74O2S3Si2. The van der Waals surface area contributed by atoms with Gasteiger partial charge in [-0.05, 0) is 49.4 Å². The number of hydrogen-bond acceptors (Lipinski definition) is 5. The Kier molecular flexibility index (Phi) is 35.5. The van der Waals surface area contributed by atoms with Crippen LogP contribution in [0, 0.1) is 0 Å². The average Bonchev–Trinajstić information content (AvgIpc) is 2.97. The molecule has 41 heavy (non-hydrogen) atoms. The predicted octanol–water partition coefficient (Wildman–Crippen LogP) is 12.5. The molecule has 0 amide bonds. The van der Waals surface area contributed by atoms with Crippen LogP contribution in [0.5, 0.6) is 0 Å². The van der Waals surface area contributed by atoms with E-state index in [1.54, 1.807) is 0 Å². The zero-order valence-corrected chi connectivity index (χ0v) is 33.5. The largest absolute Gasteiger partial charge is 0.382 e. The first-order valence-corrected chi connectivity index (χ1v) is 26.7. The van der Waals surface area contributed by atoms with Crippen LogP contribution in [0.25, 0.3) is 0 Å². The van der Waals surface area contributed by atoms with Crippen molar-refractivity contribution in [3.8, 4) is 0 Å². The maximum atomic E-state index is 6.38. The Bertz CT molecular complexity index is 443. The molecular weight excluding hydrogens is 593 g/mol. The van der Waals surface area contributed by atoms with Crippen LogP contribution in [0.15, 0.2) is 0 Å². The molecule has 0 rings (SSSR count). The molecule has 0 bridgehead atoms. The van der Waals surface area contributed by atoms with E-state index in [0.717, 1.165) is 13.2 Å². The maximum Gasteiger partial charge on any atom is 0.0717 e. The molecule has 7 heteroatoms. The third-order valence-electron chi connectivity index (χ3n) is 8.56. The molecule has 0 N–H and O–H groups in total. The van der Waals surface area contributed by atoms with Gasteiger partial charge in [0.05, 0.1) is 17.6 Å². The Balaban J connectivity index is 4.19. The predicted molar refractivity (Wildman–Crippen MR) is 203 cm³/mol. The van der Waals surface area contributed by atoms with E-state index in [1.165, 1.54) is 151 Å². The van der Waals surface area contributed by atoms with Crippen molar-refractivity contribution in [1.82, 2.24) is 0 Å². The highest BCUT2D eigenvalue weighted by Crippen LogP contribution is 2.36. The van der Waals surface area contributed by atoms with Gasteiger partial charge in [-0.25, -0.2) is 0 Å². The molecule has 0 saturated heterocycles. The van der Waals surface area contributed by atoms with Crippen molar-refractivity contribution in [3.05, 3.63) is 0 Å². The van der Waals surface area contributed by atoms with Crippen molar-refractivity contribution >= 4 is 49.0 Å². The zero-order valence-electron chi connectivity index (χ0n) is 28.7. The molecule has 0 aromatic heterocycles. The van der Waals surface area contributed by atoms with Crippen LogP contribution in [0.2, 0.25) is 24.2 Å². The average molecular weight is 667 g/mol. The molecule has 0 aliphatic rings. The van der Waals surface area contributed by atoms with Crippen molar-refractivity contribution in [1.29, 1.82) is 0 Å². The van der Waals surface area contributed by atoms with Crippen LogP contribution >= 0.6 is 31.4 Å². The Morgan fingerprint density at radius 1 is 0.439 bits per heavy atom. The monoisotopic (exact) mass is 666 g/mol. The van der Waals surface area contributed by atoms with Gasteiger partial charge in [-0.3, -0.25) is 0 Å². The molecule has 0 saturated carbocycles. The lowest BCUT2D eigenvalue weighted by Crippen LogP contribution is -2.33. The van der Waals surface area contributed by atoms with Crippen LogP contribution < -0.4 is 0 Å². The number of hydrogen-bond donors (Lipinski definition) is 0. The van der Waals surface area contributed by atoms with E-state index in [2.05, 4.69) is 63.1 Å². The molecule has 2 unspecified atom stereocenters. The summed E-state index contributed by atoms with van der Waals surface area (Å²) < 4.78 is 12.8. The van der Waals surface area contributed by atoms with Crippen molar-refractivity contribution in [2.75, 3.05) is 24.7 Å². The first-order valence-electron chi connectivity index (χ1n) is 18.3. The minimum atomic E-state index is -0.790. The van der Waals surface area contributed by atoms with Gasteiger partial charge < -0.3 is 9.47 Å². The lowest BCUT2D eigenvalue weighted by atomic mass is 10.2. The lowest BCUT2D eigenvalue weighted by Gasteiger charge is -2.26. The van der Waals surface area contributed by atoms with Gasteiger partial charge in [0.25, 0.3) is 0 Å². The summed E-state index contributed by atoms with van der Waals surface area (Å²) in [6.07, 6.45) is 24.9. The van der Waals surface area contributed by atoms with Crippen molar-refractivity contribution in [3.63, 3.8) is 0 Å². The zero-order chi connectivity index (χ0) is 30.2. The highest BCUT2D eigenvalue weighted by atomic mass is 33.5. The Morgan fingerprint density at radius 3 is 1.07 bits per heavy atom. The SMILES string of the molecule is CCCCC[SiH](CCCCC)C(CCCCSSSCCCCC(OCC)[SiH](CCCCC)CCCCC)OCC. The van der Waals surface area contributed by atoms with Gasteiger partial charge in [0.15, 0.2) is 0 Å². The van der Waals surface area contributed by atoms with Gasteiger partial charge in [-0.1, -0.05) is 163 Å². The molecule has 0 aliphatic heterocycles. The van der Waals surface area contributed by atoms with Gasteiger partial charge in [-0.15, -0.1) is 0 Å². The first kappa shape index (κ1) is 42.4. The molecule has 0 radical (unpaired) electrons. The highest BCUT2D eigenvalue weighted by molar-refractivity contribution is 9.09. The second-order valence-corrected chi connectivity index (χ2v) is 23.5. The summed E-state index contributed by atoms with van der Waals surface area (Å²) in [5, 5.41) is 0. The molecule has 2 nitrogen and oxygen atoms in total. The van der Waals surface area contributed by atoms with Crippen LogP contribution in [0.3, 0.4) is 0 Å². The van der Waals surface area contributed by atoms with Crippen LogP contribution in [-0.4, -0.2) is 53.8 Å². The number of unbranched alkanes of at least 4 members (excludes halogenated alkanes) is 10. The second-order valence-electron chi connectivity index (χ2n) is 12.2. The van der Waals surface area contributed by atoms with Crippen molar-refractivity contribution < 1.29 is 9.47 Å². The lowest BCUT2D eigenvalue weighted by molar-refractivity contribution is 0.105. The summed E-state index contributed by atoms with van der Waals surface area (Å²) >= 11 is 0. The minimum Gasteiger partial charge on any atom is -0.382 e. The summed E-state index contributed by atoms with van der Waals surface area (Å²) in [7, 11) is 4.65. The van der Waals surface area contributed by atoms with Gasteiger partial charge in [-0.2, -0.15) is 0 Å². The van der Waals surface area contributed by atoms with Gasteiger partial charge in [0.2, 0.25) is 0 Å². The smallest absolute Gasteiger partial charge is 0.0717 e. The van der Waals surface area contributed by atoms with Crippen LogP contribution in [-0.2, 0) is 9.47 Å². The molecule has 2 atom stereocenters. The highest BCUT2D eigenvalue weighted by Gasteiger charge is 2.23. The molecule has 0 spiro atoms. The fourth-order valence-corrected chi connectivity index (χ4v) is 17.8. The van der Waals surface area contributed by atoms with Gasteiger partial charge in [0, 0.05) is 36.2 Å². The van der Waals surface area contributed by atoms with Crippen LogP contribution in [0.1, 0.15) is 157 Å². The summed E-state index contributed by atoms with van der Waals surface area (Å²) in [6, 6.07) is 6.04. The van der Waals surface area contributed by atoms with E-state index in [9.17, 15) is 0 Å². The number of rotatable bonds is 34. The van der Waals surface area contributed by atoms with Gasteiger partial charge in [0.1, 0.15) is 0 Å². The maximum absolute atomic E-state index is 6.38. The molecule has 0 fully saturated rings. The molecule has 0 aromatic rings. The van der Waals surface area contributed by atoms with E-state index >= 15 is 0 Å². The Morgan fingerprint density at radius 2 is 0.780 bits per heavy atom. The first-order chi connectivity index (χ1) is 20.2. The molecule has 0 aromatic carbocycles. The Hall–Kier alpha value is 1.40. The summed E-state index contributed by atoms with van der Waals surface area (Å²) in [5.74, 6) is 2.59. The summed E-state index contributed by atoms with van der Waals surface area (Å²) in [6.45, 7) is 15.6. The van der Waals surface area contributed by atoms with E-state index in [4.69, 9.17) is 9.47 Å². The molecule has 0 aliphatic carbocycles. The fraction of sp³-hybridized carbons (Fsp3) is 1.00. The number of ether oxygens (including phenoxy) is 2. The van der Waals surface area contributed by atoms with Gasteiger partial charge >= 0.3 is 0 Å². The molecule has 0 heterocycles. The minimum absolute atomic E-state index is 0.627. The van der Waals surface area contributed by atoms with Crippen molar-refractivity contribution in [2.45, 2.75) is 193 Å². The third-order valence-corrected chi connectivity index (χ3v) is 20.7. The topological polar surface area (TPSA) is 18.5 Å². The van der Waals surface area contributed by atoms with E-state index in [-0.39, 0.29) is 0 Å². The normalized spacial score (nSPS) is 13.5. The molecule has 248 valence electrons. The van der Waals surface area contributed by atoms with E-state index in [1.807, 2.05) is 9.83 Å². The Labute approximate surface area is 274 Å². The fourth-order valence-electron chi connectivity index (χ4n) is 6.11. The summed E-state index contributed by atoms with van der Waals surface area (Å²) in [4.78, 5) is 0. The van der Waals surface area contributed by atoms with Crippen LogP contribution in [0.4, 0.5) is 0 Å². The standard InChI is InChI=1S/C34H74O2S3Si2/c1-7-13-21-29-40(30-22-14-8-2)33(35-11-5)25-17-19-27-37-39-38-28-20-18-26-34(36-12-6)41(31-23-15-9-3)32-24-16-10-4/h33-34,40-41H,7-32H2,1-6H3. The quantitative estimate of drug-likeness (QED) is 0.0385. The third kappa shape index (κ3) is 26.3. The van der Waals surface area contributed by atoms with Crippen molar-refractivity contribution in [2.24, 2.45) is 0 Å². The summed E-state index contributed by atoms with van der Waals surface area (Å²) in [5.41, 5.74) is 1.25. The second kappa shape index (κ2) is 34.3. The van der Waals surface area contributed by atoms with E-state index < -0.39 is 17.6 Å².